The number of nitro benzene ring substituents is 1. The highest BCUT2D eigenvalue weighted by Crippen LogP contribution is 2.32. The number of aryl methyl sites for hydroxylation is 2. The molecule has 0 spiro atoms. The molecule has 0 bridgehead atoms. The molecule has 0 aliphatic rings. The number of hydrogen-bond donors (Lipinski definition) is 1. The molecular formula is C18H13Cl2N3O3. The van der Waals surface area contributed by atoms with Crippen molar-refractivity contribution in [3.63, 3.8) is 0 Å². The molecule has 0 radical (unpaired) electrons. The van der Waals surface area contributed by atoms with Gasteiger partial charge < -0.3 is 5.32 Å². The maximum absolute atomic E-state index is 12.4. The number of anilines is 1. The highest BCUT2D eigenvalue weighted by molar-refractivity contribution is 6.37. The highest BCUT2D eigenvalue weighted by atomic mass is 35.5. The minimum absolute atomic E-state index is 0.0904. The summed E-state index contributed by atoms with van der Waals surface area (Å²) in [5.74, 6) is -0.645. The summed E-state index contributed by atoms with van der Waals surface area (Å²) in [5.41, 5.74) is 1.98. The summed E-state index contributed by atoms with van der Waals surface area (Å²) in [5, 5.41) is 22.9. The lowest BCUT2D eigenvalue weighted by molar-refractivity contribution is -0.384. The maximum Gasteiger partial charge on any atom is 0.288 e. The van der Waals surface area contributed by atoms with Crippen molar-refractivity contribution < 1.29 is 9.72 Å². The number of carbonyl (C=O) groups is 1. The van der Waals surface area contributed by atoms with Gasteiger partial charge in [0.05, 0.1) is 4.92 Å². The van der Waals surface area contributed by atoms with Gasteiger partial charge >= 0.3 is 0 Å². The molecule has 0 aliphatic carbocycles. The molecule has 2 rings (SSSR count). The van der Waals surface area contributed by atoms with Gasteiger partial charge in [-0.25, -0.2) is 0 Å². The van der Waals surface area contributed by atoms with Crippen LogP contribution >= 0.6 is 23.2 Å². The summed E-state index contributed by atoms with van der Waals surface area (Å²) in [6, 6.07) is 9.55. The Morgan fingerprint density at radius 1 is 1.23 bits per heavy atom. The molecule has 8 heteroatoms. The van der Waals surface area contributed by atoms with Gasteiger partial charge in [0, 0.05) is 22.3 Å². The van der Waals surface area contributed by atoms with E-state index in [1.165, 1.54) is 12.1 Å². The number of nitro groups is 1. The van der Waals surface area contributed by atoms with Crippen molar-refractivity contribution in [3.05, 3.63) is 72.8 Å². The van der Waals surface area contributed by atoms with E-state index in [9.17, 15) is 20.2 Å². The number of amides is 1. The maximum atomic E-state index is 12.4. The zero-order chi connectivity index (χ0) is 19.4. The smallest absolute Gasteiger partial charge is 0.288 e. The van der Waals surface area contributed by atoms with Crippen LogP contribution in [-0.2, 0) is 4.79 Å². The fourth-order valence-electron chi connectivity index (χ4n) is 2.25. The summed E-state index contributed by atoms with van der Waals surface area (Å²) in [4.78, 5) is 22.7. The predicted molar refractivity (Wildman–Crippen MR) is 101 cm³/mol. The third kappa shape index (κ3) is 4.39. The van der Waals surface area contributed by atoms with Crippen LogP contribution in [0.2, 0.25) is 10.0 Å². The first-order valence-corrected chi connectivity index (χ1v) is 8.12. The number of hydrogen-bond acceptors (Lipinski definition) is 4. The van der Waals surface area contributed by atoms with Crippen LogP contribution < -0.4 is 5.32 Å². The van der Waals surface area contributed by atoms with E-state index >= 15 is 0 Å². The van der Waals surface area contributed by atoms with Crippen LogP contribution in [0.3, 0.4) is 0 Å². The van der Waals surface area contributed by atoms with Gasteiger partial charge in [0.2, 0.25) is 0 Å². The molecule has 0 aromatic heterocycles. The minimum atomic E-state index is -0.669. The molecule has 2 aromatic rings. The number of benzene rings is 2. The molecule has 0 saturated heterocycles. The summed E-state index contributed by atoms with van der Waals surface area (Å²) in [6.45, 7) is 3.76. The van der Waals surface area contributed by atoms with Crippen molar-refractivity contribution in [1.29, 1.82) is 5.26 Å². The zero-order valence-electron chi connectivity index (χ0n) is 13.8. The molecule has 2 aromatic carbocycles. The number of nitrogens with zero attached hydrogens (tertiary/aromatic N) is 2. The van der Waals surface area contributed by atoms with E-state index in [0.29, 0.717) is 5.69 Å². The van der Waals surface area contributed by atoms with Crippen LogP contribution in [0, 0.1) is 35.3 Å². The molecule has 0 fully saturated rings. The van der Waals surface area contributed by atoms with E-state index in [2.05, 4.69) is 5.32 Å². The zero-order valence-corrected chi connectivity index (χ0v) is 15.4. The minimum Gasteiger partial charge on any atom is -0.321 e. The van der Waals surface area contributed by atoms with Gasteiger partial charge in [0.1, 0.15) is 16.7 Å². The Balaban J connectivity index is 2.38. The van der Waals surface area contributed by atoms with Crippen LogP contribution in [0.4, 0.5) is 11.4 Å². The van der Waals surface area contributed by atoms with Crippen LogP contribution in [0.5, 0.6) is 0 Å². The number of rotatable bonds is 4. The molecule has 0 atom stereocenters. The standard InChI is InChI=1S/C18H13Cl2N3O3/c1-10-3-4-16(11(2)5-10)22-18(24)13(9-21)6-12-7-17(23(25)26)15(20)8-14(12)19/h3-8H,1-2H3,(H,22,24)/b13-6-. The van der Waals surface area contributed by atoms with Crippen molar-refractivity contribution in [2.24, 2.45) is 0 Å². The fraction of sp³-hybridized carbons (Fsp3) is 0.111. The normalized spacial score (nSPS) is 11.0. The Morgan fingerprint density at radius 2 is 1.92 bits per heavy atom. The number of nitriles is 1. The van der Waals surface area contributed by atoms with Crippen molar-refractivity contribution in [2.75, 3.05) is 5.32 Å². The molecular weight excluding hydrogens is 377 g/mol. The molecule has 0 heterocycles. The number of carbonyl (C=O) groups excluding carboxylic acids is 1. The Labute approximate surface area is 159 Å². The van der Waals surface area contributed by atoms with Gasteiger partial charge in [-0.2, -0.15) is 5.26 Å². The summed E-state index contributed by atoms with van der Waals surface area (Å²) in [6.07, 6.45) is 1.19. The Morgan fingerprint density at radius 3 is 2.50 bits per heavy atom. The lowest BCUT2D eigenvalue weighted by Crippen LogP contribution is -2.14. The molecule has 0 aliphatic heterocycles. The quantitative estimate of drug-likeness (QED) is 0.341. The molecule has 0 unspecified atom stereocenters. The predicted octanol–water partition coefficient (Wildman–Crippen LogP) is 5.06. The second-order valence-electron chi connectivity index (χ2n) is 5.52. The molecule has 26 heavy (non-hydrogen) atoms. The van der Waals surface area contributed by atoms with Crippen LogP contribution in [-0.4, -0.2) is 10.8 Å². The lowest BCUT2D eigenvalue weighted by atomic mass is 10.1. The van der Waals surface area contributed by atoms with Crippen LogP contribution in [0.1, 0.15) is 16.7 Å². The van der Waals surface area contributed by atoms with Crippen molar-refractivity contribution in [1.82, 2.24) is 0 Å². The van der Waals surface area contributed by atoms with Crippen molar-refractivity contribution in [3.8, 4) is 6.07 Å². The van der Waals surface area contributed by atoms with Gasteiger partial charge in [-0.15, -0.1) is 0 Å². The van der Waals surface area contributed by atoms with E-state index in [4.69, 9.17) is 23.2 Å². The van der Waals surface area contributed by atoms with E-state index in [-0.39, 0.29) is 26.9 Å². The summed E-state index contributed by atoms with van der Waals surface area (Å²) >= 11 is 11.8. The first-order chi connectivity index (χ1) is 12.2. The fourth-order valence-corrected chi connectivity index (χ4v) is 2.76. The first kappa shape index (κ1) is 19.4. The molecule has 132 valence electrons. The molecule has 0 saturated carbocycles. The van der Waals surface area contributed by atoms with Crippen molar-refractivity contribution in [2.45, 2.75) is 13.8 Å². The average molecular weight is 390 g/mol. The van der Waals surface area contributed by atoms with Gasteiger partial charge in [-0.3, -0.25) is 14.9 Å². The van der Waals surface area contributed by atoms with E-state index < -0.39 is 10.8 Å². The number of nitrogens with one attached hydrogen (secondary N) is 1. The Bertz CT molecular complexity index is 978. The first-order valence-electron chi connectivity index (χ1n) is 7.36. The van der Waals surface area contributed by atoms with Crippen LogP contribution in [0.15, 0.2) is 35.9 Å². The second kappa shape index (κ2) is 8.00. The average Bonchev–Trinajstić information content (AvgIpc) is 2.56. The monoisotopic (exact) mass is 389 g/mol. The molecule has 6 nitrogen and oxygen atoms in total. The van der Waals surface area contributed by atoms with E-state index in [1.807, 2.05) is 26.0 Å². The summed E-state index contributed by atoms with van der Waals surface area (Å²) in [7, 11) is 0. The number of halogens is 2. The Hall–Kier alpha value is -2.88. The Kier molecular flexibility index (Phi) is 5.98. The third-order valence-corrected chi connectivity index (χ3v) is 4.19. The third-order valence-electron chi connectivity index (χ3n) is 3.56. The molecule has 1 N–H and O–H groups in total. The topological polar surface area (TPSA) is 96.0 Å². The van der Waals surface area contributed by atoms with Gasteiger partial charge in [-0.1, -0.05) is 40.9 Å². The van der Waals surface area contributed by atoms with Gasteiger partial charge in [-0.05, 0) is 37.6 Å². The SMILES string of the molecule is Cc1ccc(NC(=O)/C(C#N)=C\c2cc([N+](=O)[O-])c(Cl)cc2Cl)c(C)c1. The second-order valence-corrected chi connectivity index (χ2v) is 6.34. The molecule has 1 amide bonds. The van der Waals surface area contributed by atoms with Crippen molar-refractivity contribution >= 4 is 46.6 Å². The van der Waals surface area contributed by atoms with E-state index in [1.54, 1.807) is 12.1 Å². The largest absolute Gasteiger partial charge is 0.321 e. The van der Waals surface area contributed by atoms with Gasteiger partial charge in [0.25, 0.3) is 11.6 Å². The lowest BCUT2D eigenvalue weighted by Gasteiger charge is -2.09. The van der Waals surface area contributed by atoms with Crippen LogP contribution in [0.25, 0.3) is 6.08 Å². The van der Waals surface area contributed by atoms with Gasteiger partial charge in [0.15, 0.2) is 0 Å². The van der Waals surface area contributed by atoms with E-state index in [0.717, 1.165) is 17.2 Å². The summed E-state index contributed by atoms with van der Waals surface area (Å²) < 4.78 is 0. The highest BCUT2D eigenvalue weighted by Gasteiger charge is 2.17.